The molecule has 0 atom stereocenters. The van der Waals surface area contributed by atoms with Gasteiger partial charge >= 0.3 is 5.69 Å². The van der Waals surface area contributed by atoms with Crippen molar-refractivity contribution in [1.82, 2.24) is 0 Å². The van der Waals surface area contributed by atoms with Gasteiger partial charge in [0.2, 0.25) is 17.3 Å². The Hall–Kier alpha value is -3.10. The minimum Gasteiger partial charge on any atom is -0.504 e. The van der Waals surface area contributed by atoms with Crippen molar-refractivity contribution in [2.75, 3.05) is 6.61 Å². The van der Waals surface area contributed by atoms with Gasteiger partial charge in [-0.3, -0.25) is 19.7 Å². The summed E-state index contributed by atoms with van der Waals surface area (Å²) >= 11 is 0. The predicted octanol–water partition coefficient (Wildman–Crippen LogP) is 1.79. The Kier molecular flexibility index (Phi) is 3.96. The van der Waals surface area contributed by atoms with Crippen LogP contribution in [0, 0.1) is 10.1 Å². The summed E-state index contributed by atoms with van der Waals surface area (Å²) in [7, 11) is 0. The van der Waals surface area contributed by atoms with Crippen molar-refractivity contribution in [2.45, 2.75) is 20.3 Å². The van der Waals surface area contributed by atoms with Gasteiger partial charge in [0.05, 0.1) is 22.7 Å². The van der Waals surface area contributed by atoms with E-state index < -0.39 is 50.6 Å². The fourth-order valence-electron chi connectivity index (χ4n) is 2.44. The van der Waals surface area contributed by atoms with Crippen LogP contribution in [0.3, 0.4) is 0 Å². The van der Waals surface area contributed by atoms with Crippen LogP contribution in [-0.2, 0) is 4.74 Å². The topological polar surface area (TPSA) is 147 Å². The molecule has 0 aliphatic heterocycles. The molecule has 122 valence electrons. The largest absolute Gasteiger partial charge is 0.504 e. The Morgan fingerprint density at radius 1 is 1.00 bits per heavy atom. The first-order valence-corrected chi connectivity index (χ1v) is 6.68. The van der Waals surface area contributed by atoms with Crippen LogP contribution < -0.4 is 0 Å². The highest BCUT2D eigenvalue weighted by Gasteiger charge is 2.42. The molecule has 1 aliphatic rings. The van der Waals surface area contributed by atoms with Crippen molar-refractivity contribution >= 4 is 17.3 Å². The van der Waals surface area contributed by atoms with Crippen molar-refractivity contribution < 1.29 is 34.6 Å². The van der Waals surface area contributed by atoms with E-state index in [-0.39, 0.29) is 24.4 Å². The van der Waals surface area contributed by atoms with Crippen molar-refractivity contribution in [3.05, 3.63) is 32.6 Å². The van der Waals surface area contributed by atoms with E-state index in [0.29, 0.717) is 0 Å². The second-order valence-electron chi connectivity index (χ2n) is 4.65. The lowest BCUT2D eigenvalue weighted by molar-refractivity contribution is -0.387. The maximum atomic E-state index is 12.5. The number of hydrogen-bond acceptors (Lipinski definition) is 8. The lowest BCUT2D eigenvalue weighted by Gasteiger charge is -2.22. The van der Waals surface area contributed by atoms with E-state index in [9.17, 15) is 35.0 Å². The lowest BCUT2D eigenvalue weighted by atomic mass is 9.85. The Balaban J connectivity index is 2.90. The van der Waals surface area contributed by atoms with Crippen LogP contribution in [0.2, 0.25) is 0 Å². The van der Waals surface area contributed by atoms with Crippen molar-refractivity contribution in [2.24, 2.45) is 0 Å². The molecule has 9 heteroatoms. The molecule has 0 saturated carbocycles. The van der Waals surface area contributed by atoms with Crippen LogP contribution in [0.1, 0.15) is 41.0 Å². The number of Topliss-reactive ketones (excluding diaryl/α,β-unsaturated/α-hetero) is 2. The summed E-state index contributed by atoms with van der Waals surface area (Å²) in [5, 5.41) is 40.5. The van der Waals surface area contributed by atoms with Gasteiger partial charge in [0.25, 0.3) is 0 Å². The fraction of sp³-hybridized carbons (Fsp3) is 0.286. The average molecular weight is 323 g/mol. The van der Waals surface area contributed by atoms with Gasteiger partial charge in [-0.2, -0.15) is 0 Å². The number of ketones is 2. The van der Waals surface area contributed by atoms with E-state index in [1.807, 2.05) is 0 Å². The van der Waals surface area contributed by atoms with Crippen LogP contribution in [0.5, 0.6) is 17.2 Å². The molecule has 0 aromatic heterocycles. The Morgan fingerprint density at radius 3 is 2.04 bits per heavy atom. The smallest absolute Gasteiger partial charge is 0.356 e. The molecule has 0 saturated heterocycles. The number of phenols is 3. The highest BCUT2D eigenvalue weighted by atomic mass is 16.6. The highest BCUT2D eigenvalue weighted by molar-refractivity contribution is 6.29. The Labute approximate surface area is 129 Å². The zero-order chi connectivity index (χ0) is 17.5. The number of ether oxygens (including phenoxy) is 1. The minimum atomic E-state index is -1.28. The van der Waals surface area contributed by atoms with Gasteiger partial charge < -0.3 is 20.1 Å². The molecule has 9 nitrogen and oxygen atoms in total. The number of nitro benzene ring substituents is 1. The number of phenolic OH excluding ortho intramolecular Hbond substituents is 3. The molecule has 0 bridgehead atoms. The molecule has 0 spiro atoms. The third-order valence-electron chi connectivity index (χ3n) is 3.43. The fourth-order valence-corrected chi connectivity index (χ4v) is 2.44. The van der Waals surface area contributed by atoms with E-state index in [1.54, 1.807) is 13.8 Å². The second-order valence-corrected chi connectivity index (χ2v) is 4.65. The molecule has 1 aliphatic carbocycles. The molecule has 3 N–H and O–H groups in total. The third-order valence-corrected chi connectivity index (χ3v) is 3.43. The van der Waals surface area contributed by atoms with Gasteiger partial charge in [0, 0.05) is 5.57 Å². The number of fused-ring (bicyclic) bond motifs is 1. The van der Waals surface area contributed by atoms with E-state index >= 15 is 0 Å². The quantitative estimate of drug-likeness (QED) is 0.329. The first kappa shape index (κ1) is 16.3. The van der Waals surface area contributed by atoms with Gasteiger partial charge in [-0.15, -0.1) is 0 Å². The van der Waals surface area contributed by atoms with Gasteiger partial charge in [-0.05, 0) is 13.3 Å². The second kappa shape index (κ2) is 5.59. The number of hydrogen-bond donors (Lipinski definition) is 3. The first-order valence-electron chi connectivity index (χ1n) is 6.68. The van der Waals surface area contributed by atoms with Crippen LogP contribution in [-0.4, -0.2) is 38.4 Å². The van der Waals surface area contributed by atoms with Crippen LogP contribution in [0.4, 0.5) is 5.69 Å². The Morgan fingerprint density at radius 2 is 1.57 bits per heavy atom. The molecule has 1 aromatic rings. The molecule has 1 aromatic carbocycles. The molecular formula is C14H13NO8. The van der Waals surface area contributed by atoms with Crippen molar-refractivity contribution in [3.63, 3.8) is 0 Å². The summed E-state index contributed by atoms with van der Waals surface area (Å²) in [5.41, 5.74) is -2.72. The summed E-state index contributed by atoms with van der Waals surface area (Å²) in [4.78, 5) is 34.7. The molecule has 23 heavy (non-hydrogen) atoms. The lowest BCUT2D eigenvalue weighted by Crippen LogP contribution is -2.24. The minimum absolute atomic E-state index is 0.0488. The number of carbonyl (C=O) groups excluding carboxylic acids is 2. The zero-order valence-corrected chi connectivity index (χ0v) is 12.2. The number of rotatable bonds is 4. The molecular weight excluding hydrogens is 310 g/mol. The van der Waals surface area contributed by atoms with Crippen LogP contribution in [0.25, 0.3) is 0 Å². The molecule has 0 unspecified atom stereocenters. The maximum Gasteiger partial charge on any atom is 0.356 e. The SMILES string of the molecule is CCOC1=C(CC)C(=O)c2c(O)c(O)c([N+](=O)[O-])c(O)c2C1=O. The first-order chi connectivity index (χ1) is 10.8. The Bertz CT molecular complexity index is 778. The number of nitro groups is 1. The predicted molar refractivity (Wildman–Crippen MR) is 75.7 cm³/mol. The molecule has 0 fully saturated rings. The average Bonchev–Trinajstić information content (AvgIpc) is 2.48. The summed E-state index contributed by atoms with van der Waals surface area (Å²) in [5.74, 6) is -5.72. The number of carbonyl (C=O) groups is 2. The van der Waals surface area contributed by atoms with Gasteiger partial charge in [0.1, 0.15) is 0 Å². The van der Waals surface area contributed by atoms with E-state index in [1.165, 1.54) is 0 Å². The standard InChI is InChI=1S/C14H13NO8/c1-3-5-9(16)6-7(12(19)14(5)23-4-2)10(17)8(15(21)22)13(20)11(6)18/h17-18,20H,3-4H2,1-2H3. The van der Waals surface area contributed by atoms with Gasteiger partial charge in [-0.1, -0.05) is 6.92 Å². The molecule has 0 amide bonds. The van der Waals surface area contributed by atoms with E-state index in [0.717, 1.165) is 0 Å². The van der Waals surface area contributed by atoms with E-state index in [2.05, 4.69) is 0 Å². The maximum absolute atomic E-state index is 12.5. The number of aromatic hydroxyl groups is 3. The van der Waals surface area contributed by atoms with Crippen molar-refractivity contribution in [1.29, 1.82) is 0 Å². The normalized spacial score (nSPS) is 14.0. The number of nitrogens with zero attached hydrogens (tertiary/aromatic N) is 1. The summed E-state index contributed by atoms with van der Waals surface area (Å²) in [6.45, 7) is 3.21. The highest BCUT2D eigenvalue weighted by Crippen LogP contribution is 2.50. The molecule has 0 radical (unpaired) electrons. The van der Waals surface area contributed by atoms with Crippen LogP contribution in [0.15, 0.2) is 11.3 Å². The zero-order valence-electron chi connectivity index (χ0n) is 12.2. The third kappa shape index (κ3) is 2.17. The number of benzene rings is 1. The number of allylic oxidation sites excluding steroid dienone is 2. The van der Waals surface area contributed by atoms with Crippen molar-refractivity contribution in [3.8, 4) is 17.2 Å². The molecule has 2 rings (SSSR count). The van der Waals surface area contributed by atoms with Gasteiger partial charge in [-0.25, -0.2) is 0 Å². The van der Waals surface area contributed by atoms with E-state index in [4.69, 9.17) is 4.74 Å². The monoisotopic (exact) mass is 323 g/mol. The molecule has 0 heterocycles. The summed E-state index contributed by atoms with van der Waals surface area (Å²) < 4.78 is 5.14. The summed E-state index contributed by atoms with van der Waals surface area (Å²) in [6, 6.07) is 0. The van der Waals surface area contributed by atoms with Crippen LogP contribution >= 0.6 is 0 Å². The summed E-state index contributed by atoms with van der Waals surface area (Å²) in [6.07, 6.45) is 0.0945. The van der Waals surface area contributed by atoms with Gasteiger partial charge in [0.15, 0.2) is 17.3 Å².